The maximum absolute atomic E-state index is 11.6. The molecule has 1 atom stereocenters. The van der Waals surface area contributed by atoms with Gasteiger partial charge in [0.2, 0.25) is 5.91 Å². The van der Waals surface area contributed by atoms with Gasteiger partial charge in [-0.1, -0.05) is 6.92 Å². The first-order chi connectivity index (χ1) is 8.90. The largest absolute Gasteiger partial charge is 0.325 e. The second-order valence-electron chi connectivity index (χ2n) is 3.93. The molecule has 5 nitrogen and oxygen atoms in total. The zero-order chi connectivity index (χ0) is 14.5. The Morgan fingerprint density at radius 1 is 1.42 bits per heavy atom. The van der Waals surface area contributed by atoms with Gasteiger partial charge in [-0.25, -0.2) is 8.42 Å². The zero-order valence-electron chi connectivity index (χ0n) is 10.6. The number of carbonyl (C=O) groups excluding carboxylic acids is 1. The third-order valence-electron chi connectivity index (χ3n) is 2.54. The molecule has 6 heteroatoms. The quantitative estimate of drug-likeness (QED) is 0.780. The van der Waals surface area contributed by atoms with Gasteiger partial charge in [-0.15, -0.1) is 12.3 Å². The molecule has 0 spiro atoms. The molecule has 0 aromatic heterocycles. The Labute approximate surface area is 113 Å². The van der Waals surface area contributed by atoms with E-state index in [9.17, 15) is 13.2 Å². The van der Waals surface area contributed by atoms with E-state index in [2.05, 4.69) is 11.2 Å². The Morgan fingerprint density at radius 3 is 2.47 bits per heavy atom. The summed E-state index contributed by atoms with van der Waals surface area (Å²) in [6.07, 6.45) is 5.21. The number of benzene rings is 1. The average Bonchev–Trinajstić information content (AvgIpc) is 2.39. The molecular formula is C13H16N2O3S. The lowest BCUT2D eigenvalue weighted by atomic mass is 10.2. The summed E-state index contributed by atoms with van der Waals surface area (Å²) in [6.45, 7) is 1.57. The summed E-state index contributed by atoms with van der Waals surface area (Å²) >= 11 is 0. The topological polar surface area (TPSA) is 89.3 Å². The van der Waals surface area contributed by atoms with Crippen LogP contribution in [0.4, 0.5) is 5.69 Å². The Balaban J connectivity index is 2.79. The lowest BCUT2D eigenvalue weighted by Crippen LogP contribution is -2.35. The average molecular weight is 280 g/mol. The molecule has 0 radical (unpaired) electrons. The summed E-state index contributed by atoms with van der Waals surface area (Å²) in [4.78, 5) is 11.8. The zero-order valence-corrected chi connectivity index (χ0v) is 11.4. The Bertz CT molecular complexity index is 585. The summed E-state index contributed by atoms with van der Waals surface area (Å²) in [6, 6.07) is 5.15. The van der Waals surface area contributed by atoms with Gasteiger partial charge in [0.1, 0.15) is 0 Å². The van der Waals surface area contributed by atoms with Gasteiger partial charge in [0.15, 0.2) is 9.84 Å². The molecule has 0 saturated heterocycles. The monoisotopic (exact) mass is 280 g/mol. The van der Waals surface area contributed by atoms with Crippen molar-refractivity contribution in [3.05, 3.63) is 24.3 Å². The SMILES string of the molecule is C#CCC(N)C(=O)Nc1ccc(S(=O)(=O)CC)cc1. The highest BCUT2D eigenvalue weighted by molar-refractivity contribution is 7.91. The fourth-order valence-electron chi connectivity index (χ4n) is 1.37. The van der Waals surface area contributed by atoms with Crippen molar-refractivity contribution in [1.29, 1.82) is 0 Å². The van der Waals surface area contributed by atoms with Crippen molar-refractivity contribution in [1.82, 2.24) is 0 Å². The predicted molar refractivity (Wildman–Crippen MR) is 74.2 cm³/mol. The van der Waals surface area contributed by atoms with Crippen molar-refractivity contribution >= 4 is 21.4 Å². The van der Waals surface area contributed by atoms with E-state index in [0.717, 1.165) is 0 Å². The third-order valence-corrected chi connectivity index (χ3v) is 4.29. The molecule has 0 aliphatic carbocycles. The van der Waals surface area contributed by atoms with Gasteiger partial charge in [0.25, 0.3) is 0 Å². The fraction of sp³-hybridized carbons (Fsp3) is 0.308. The molecular weight excluding hydrogens is 264 g/mol. The number of amides is 1. The van der Waals surface area contributed by atoms with Crippen LogP contribution in [-0.2, 0) is 14.6 Å². The van der Waals surface area contributed by atoms with Crippen LogP contribution in [0.3, 0.4) is 0 Å². The first-order valence-electron chi connectivity index (χ1n) is 5.73. The van der Waals surface area contributed by atoms with Crippen LogP contribution in [0.25, 0.3) is 0 Å². The van der Waals surface area contributed by atoms with Crippen molar-refractivity contribution in [2.24, 2.45) is 5.73 Å². The number of nitrogens with two attached hydrogens (primary N) is 1. The van der Waals surface area contributed by atoms with Crippen molar-refractivity contribution < 1.29 is 13.2 Å². The minimum atomic E-state index is -3.23. The number of anilines is 1. The minimum absolute atomic E-state index is 0.0335. The van der Waals surface area contributed by atoms with Crippen molar-refractivity contribution in [2.75, 3.05) is 11.1 Å². The highest BCUT2D eigenvalue weighted by atomic mass is 32.2. The second kappa shape index (κ2) is 6.36. The highest BCUT2D eigenvalue weighted by Gasteiger charge is 2.14. The maximum atomic E-state index is 11.6. The summed E-state index contributed by atoms with van der Waals surface area (Å²) in [5.41, 5.74) is 6.03. The summed E-state index contributed by atoms with van der Waals surface area (Å²) in [5.74, 6) is 1.94. The number of hydrogen-bond donors (Lipinski definition) is 2. The lowest BCUT2D eigenvalue weighted by molar-refractivity contribution is -0.117. The van der Waals surface area contributed by atoms with E-state index in [0.29, 0.717) is 5.69 Å². The van der Waals surface area contributed by atoms with E-state index in [1.165, 1.54) is 24.3 Å². The van der Waals surface area contributed by atoms with Crippen LogP contribution in [-0.4, -0.2) is 26.1 Å². The minimum Gasteiger partial charge on any atom is -0.325 e. The smallest absolute Gasteiger partial charge is 0.242 e. The molecule has 1 rings (SSSR count). The van der Waals surface area contributed by atoms with E-state index in [4.69, 9.17) is 12.2 Å². The Morgan fingerprint density at radius 2 is 2.00 bits per heavy atom. The predicted octanol–water partition coefficient (Wildman–Crippen LogP) is 0.769. The fourth-order valence-corrected chi connectivity index (χ4v) is 2.25. The van der Waals surface area contributed by atoms with Crippen molar-refractivity contribution in [3.63, 3.8) is 0 Å². The molecule has 1 unspecified atom stereocenters. The van der Waals surface area contributed by atoms with Gasteiger partial charge >= 0.3 is 0 Å². The molecule has 0 aliphatic rings. The van der Waals surface area contributed by atoms with Gasteiger partial charge in [0.05, 0.1) is 16.7 Å². The van der Waals surface area contributed by atoms with Crippen LogP contribution in [0.1, 0.15) is 13.3 Å². The van der Waals surface area contributed by atoms with E-state index >= 15 is 0 Å². The van der Waals surface area contributed by atoms with Crippen LogP contribution in [0, 0.1) is 12.3 Å². The molecule has 3 N–H and O–H groups in total. The number of hydrogen-bond acceptors (Lipinski definition) is 4. The van der Waals surface area contributed by atoms with Gasteiger partial charge in [-0.3, -0.25) is 4.79 Å². The molecule has 0 aliphatic heterocycles. The number of terminal acetylenes is 1. The first-order valence-corrected chi connectivity index (χ1v) is 7.38. The standard InChI is InChI=1S/C13H16N2O3S/c1-3-5-12(14)13(16)15-10-6-8-11(9-7-10)19(17,18)4-2/h1,6-9,12H,4-5,14H2,2H3,(H,15,16). The van der Waals surface area contributed by atoms with Crippen molar-refractivity contribution in [2.45, 2.75) is 24.3 Å². The van der Waals surface area contributed by atoms with E-state index in [1.807, 2.05) is 0 Å². The molecule has 1 amide bonds. The maximum Gasteiger partial charge on any atom is 0.242 e. The second-order valence-corrected chi connectivity index (χ2v) is 6.21. The van der Waals surface area contributed by atoms with Crippen LogP contribution >= 0.6 is 0 Å². The third kappa shape index (κ3) is 4.09. The molecule has 0 saturated carbocycles. The molecule has 1 aromatic carbocycles. The molecule has 0 heterocycles. The summed E-state index contributed by atoms with van der Waals surface area (Å²) in [5, 5.41) is 2.57. The lowest BCUT2D eigenvalue weighted by Gasteiger charge is -2.10. The van der Waals surface area contributed by atoms with E-state index < -0.39 is 21.8 Å². The van der Waals surface area contributed by atoms with Gasteiger partial charge < -0.3 is 11.1 Å². The first kappa shape index (κ1) is 15.2. The van der Waals surface area contributed by atoms with Crippen LogP contribution in [0.2, 0.25) is 0 Å². The highest BCUT2D eigenvalue weighted by Crippen LogP contribution is 2.15. The summed E-state index contributed by atoms with van der Waals surface area (Å²) < 4.78 is 23.2. The molecule has 0 bridgehead atoms. The molecule has 19 heavy (non-hydrogen) atoms. The Kier molecular flexibility index (Phi) is 5.10. The number of sulfone groups is 1. The van der Waals surface area contributed by atoms with Gasteiger partial charge in [-0.2, -0.15) is 0 Å². The van der Waals surface area contributed by atoms with Crippen molar-refractivity contribution in [3.8, 4) is 12.3 Å². The summed E-state index contributed by atoms with van der Waals surface area (Å²) in [7, 11) is -3.23. The van der Waals surface area contributed by atoms with Crippen LogP contribution in [0.5, 0.6) is 0 Å². The van der Waals surface area contributed by atoms with E-state index in [-0.39, 0.29) is 17.1 Å². The molecule has 0 fully saturated rings. The molecule has 102 valence electrons. The van der Waals surface area contributed by atoms with Gasteiger partial charge in [-0.05, 0) is 24.3 Å². The number of nitrogens with one attached hydrogen (secondary N) is 1. The number of rotatable bonds is 5. The van der Waals surface area contributed by atoms with E-state index in [1.54, 1.807) is 6.92 Å². The normalized spacial score (nSPS) is 12.5. The van der Waals surface area contributed by atoms with Crippen LogP contribution < -0.4 is 11.1 Å². The molecule has 1 aromatic rings. The number of carbonyl (C=O) groups is 1. The Hall–Kier alpha value is -1.84. The van der Waals surface area contributed by atoms with Crippen LogP contribution in [0.15, 0.2) is 29.2 Å². The van der Waals surface area contributed by atoms with Gasteiger partial charge in [0, 0.05) is 12.1 Å².